The molecular formula is C15H12F2N4OS. The minimum Gasteiger partial charge on any atom is -0.332 e. The van der Waals surface area contributed by atoms with E-state index >= 15 is 0 Å². The van der Waals surface area contributed by atoms with E-state index < -0.39 is 23.1 Å². The second kappa shape index (κ2) is 5.93. The maximum atomic E-state index is 13.1. The molecule has 1 aromatic carbocycles. The Balaban J connectivity index is 1.70. The van der Waals surface area contributed by atoms with E-state index in [0.29, 0.717) is 18.0 Å². The fourth-order valence-electron chi connectivity index (χ4n) is 2.26. The zero-order valence-electron chi connectivity index (χ0n) is 11.9. The molecule has 0 atom stereocenters. The van der Waals surface area contributed by atoms with Gasteiger partial charge in [-0.25, -0.2) is 13.8 Å². The lowest BCUT2D eigenvalue weighted by molar-refractivity contribution is 0.0877. The Morgan fingerprint density at radius 3 is 2.57 bits per heavy atom. The van der Waals surface area contributed by atoms with Crippen molar-refractivity contribution in [2.45, 2.75) is 24.8 Å². The van der Waals surface area contributed by atoms with Gasteiger partial charge in [0.05, 0.1) is 6.07 Å². The predicted molar refractivity (Wildman–Crippen MR) is 81.4 cm³/mol. The first kappa shape index (κ1) is 15.4. The summed E-state index contributed by atoms with van der Waals surface area (Å²) >= 11 is 1.13. The van der Waals surface area contributed by atoms with Gasteiger partial charge in [0.1, 0.15) is 22.9 Å². The maximum Gasteiger partial charge on any atom is 0.272 e. The highest BCUT2D eigenvalue weighted by Crippen LogP contribution is 2.31. The number of nitriles is 1. The van der Waals surface area contributed by atoms with E-state index in [4.69, 9.17) is 5.26 Å². The van der Waals surface area contributed by atoms with E-state index in [1.165, 1.54) is 5.38 Å². The van der Waals surface area contributed by atoms with Crippen molar-refractivity contribution in [1.82, 2.24) is 10.3 Å². The van der Waals surface area contributed by atoms with Gasteiger partial charge in [0.2, 0.25) is 0 Å². The van der Waals surface area contributed by atoms with Gasteiger partial charge >= 0.3 is 0 Å². The molecule has 1 aliphatic carbocycles. The SMILES string of the molecule is N#CC1(NC(=O)c2csc(Nc3cc(F)cc(F)c3)n2)CCC1. The van der Waals surface area contributed by atoms with Gasteiger partial charge in [0.25, 0.3) is 5.91 Å². The second-order valence-electron chi connectivity index (χ2n) is 5.32. The van der Waals surface area contributed by atoms with E-state index in [9.17, 15) is 13.6 Å². The fraction of sp³-hybridized carbons (Fsp3) is 0.267. The summed E-state index contributed by atoms with van der Waals surface area (Å²) in [5.74, 6) is -1.84. The lowest BCUT2D eigenvalue weighted by atomic mass is 9.78. The van der Waals surface area contributed by atoms with Gasteiger partial charge in [-0.2, -0.15) is 5.26 Å². The number of amides is 1. The van der Waals surface area contributed by atoms with Crippen LogP contribution in [0, 0.1) is 23.0 Å². The Labute approximate surface area is 135 Å². The molecule has 1 saturated carbocycles. The molecule has 0 unspecified atom stereocenters. The molecule has 2 N–H and O–H groups in total. The number of nitrogens with zero attached hydrogens (tertiary/aromatic N) is 2. The van der Waals surface area contributed by atoms with Crippen molar-refractivity contribution in [2.75, 3.05) is 5.32 Å². The van der Waals surface area contributed by atoms with Crippen LogP contribution in [0.25, 0.3) is 0 Å². The van der Waals surface area contributed by atoms with Gasteiger partial charge in [0.15, 0.2) is 5.13 Å². The normalized spacial score (nSPS) is 15.3. The van der Waals surface area contributed by atoms with Crippen molar-refractivity contribution in [2.24, 2.45) is 0 Å². The molecule has 3 rings (SSSR count). The Morgan fingerprint density at radius 2 is 2.00 bits per heavy atom. The predicted octanol–water partition coefficient (Wildman–Crippen LogP) is 3.34. The average molecular weight is 334 g/mol. The number of anilines is 2. The molecular weight excluding hydrogens is 322 g/mol. The molecule has 1 amide bonds. The van der Waals surface area contributed by atoms with Gasteiger partial charge in [-0.3, -0.25) is 4.79 Å². The molecule has 0 radical (unpaired) electrons. The zero-order chi connectivity index (χ0) is 16.4. The maximum absolute atomic E-state index is 13.1. The van der Waals surface area contributed by atoms with Crippen molar-refractivity contribution in [3.05, 3.63) is 40.9 Å². The van der Waals surface area contributed by atoms with Crippen molar-refractivity contribution in [1.29, 1.82) is 5.26 Å². The first-order valence-electron chi connectivity index (χ1n) is 6.92. The summed E-state index contributed by atoms with van der Waals surface area (Å²) in [6.45, 7) is 0. The van der Waals surface area contributed by atoms with Gasteiger partial charge < -0.3 is 10.6 Å². The van der Waals surface area contributed by atoms with Crippen molar-refractivity contribution in [3.63, 3.8) is 0 Å². The van der Waals surface area contributed by atoms with E-state index in [2.05, 4.69) is 21.7 Å². The van der Waals surface area contributed by atoms with Crippen LogP contribution in [-0.2, 0) is 0 Å². The smallest absolute Gasteiger partial charge is 0.272 e. The second-order valence-corrected chi connectivity index (χ2v) is 6.18. The number of carbonyl (C=O) groups is 1. The lowest BCUT2D eigenvalue weighted by Gasteiger charge is -2.35. The van der Waals surface area contributed by atoms with Gasteiger partial charge in [-0.15, -0.1) is 11.3 Å². The Morgan fingerprint density at radius 1 is 1.30 bits per heavy atom. The molecule has 0 aliphatic heterocycles. The highest BCUT2D eigenvalue weighted by molar-refractivity contribution is 7.14. The van der Waals surface area contributed by atoms with E-state index in [1.54, 1.807) is 0 Å². The highest BCUT2D eigenvalue weighted by atomic mass is 32.1. The standard InChI is InChI=1S/C15H12F2N4OS/c16-9-4-10(17)6-11(5-9)19-14-20-12(7-23-14)13(22)21-15(8-18)2-1-3-15/h4-7H,1-3H2,(H,19,20)(H,21,22). The van der Waals surface area contributed by atoms with Crippen LogP contribution < -0.4 is 10.6 Å². The highest BCUT2D eigenvalue weighted by Gasteiger charge is 2.39. The van der Waals surface area contributed by atoms with Crippen LogP contribution in [0.4, 0.5) is 19.6 Å². The number of aromatic nitrogens is 1. The van der Waals surface area contributed by atoms with Crippen molar-refractivity contribution < 1.29 is 13.6 Å². The largest absolute Gasteiger partial charge is 0.332 e. The molecule has 118 valence electrons. The third kappa shape index (κ3) is 3.29. The summed E-state index contributed by atoms with van der Waals surface area (Å²) in [6.07, 6.45) is 2.17. The third-order valence-electron chi connectivity index (χ3n) is 3.62. The number of hydrogen-bond acceptors (Lipinski definition) is 5. The summed E-state index contributed by atoms with van der Waals surface area (Å²) in [5.41, 5.74) is -0.424. The molecule has 1 aliphatic rings. The Kier molecular flexibility index (Phi) is 3.96. The molecule has 1 fully saturated rings. The summed E-state index contributed by atoms with van der Waals surface area (Å²) < 4.78 is 26.3. The molecule has 0 spiro atoms. The van der Waals surface area contributed by atoms with Crippen LogP contribution in [0.2, 0.25) is 0 Å². The summed E-state index contributed by atoms with van der Waals surface area (Å²) in [5, 5.41) is 16.4. The molecule has 23 heavy (non-hydrogen) atoms. The van der Waals surface area contributed by atoms with Crippen LogP contribution in [0.1, 0.15) is 29.8 Å². The topological polar surface area (TPSA) is 77.8 Å². The van der Waals surface area contributed by atoms with Gasteiger partial charge in [-0.05, 0) is 31.4 Å². The van der Waals surface area contributed by atoms with E-state index in [1.807, 2.05) is 0 Å². The fourth-order valence-corrected chi connectivity index (χ4v) is 2.97. The number of halogens is 2. The number of hydrogen-bond donors (Lipinski definition) is 2. The molecule has 0 bridgehead atoms. The zero-order valence-corrected chi connectivity index (χ0v) is 12.7. The number of carbonyl (C=O) groups excluding carboxylic acids is 1. The summed E-state index contributed by atoms with van der Waals surface area (Å²) in [7, 11) is 0. The quantitative estimate of drug-likeness (QED) is 0.899. The van der Waals surface area contributed by atoms with Crippen LogP contribution in [0.3, 0.4) is 0 Å². The summed E-state index contributed by atoms with van der Waals surface area (Å²) in [6, 6.07) is 5.15. The minimum atomic E-state index is -0.792. The number of nitrogens with one attached hydrogen (secondary N) is 2. The average Bonchev–Trinajstić information content (AvgIpc) is 2.90. The molecule has 8 heteroatoms. The number of benzene rings is 1. The van der Waals surface area contributed by atoms with E-state index in [-0.39, 0.29) is 11.4 Å². The molecule has 1 heterocycles. The summed E-state index contributed by atoms with van der Waals surface area (Å²) in [4.78, 5) is 16.2. The monoisotopic (exact) mass is 334 g/mol. The number of thiazole rings is 1. The van der Waals surface area contributed by atoms with Crippen molar-refractivity contribution >= 4 is 28.1 Å². The van der Waals surface area contributed by atoms with Crippen LogP contribution >= 0.6 is 11.3 Å². The van der Waals surface area contributed by atoms with Crippen LogP contribution in [-0.4, -0.2) is 16.4 Å². The Bertz CT molecular complexity index is 775. The van der Waals surface area contributed by atoms with Crippen LogP contribution in [0.15, 0.2) is 23.6 Å². The van der Waals surface area contributed by atoms with Crippen LogP contribution in [0.5, 0.6) is 0 Å². The first-order valence-corrected chi connectivity index (χ1v) is 7.80. The minimum absolute atomic E-state index is 0.163. The number of rotatable bonds is 4. The van der Waals surface area contributed by atoms with Gasteiger partial charge in [0, 0.05) is 17.1 Å². The Hall–Kier alpha value is -2.53. The lowest BCUT2D eigenvalue weighted by Crippen LogP contribution is -2.52. The molecule has 5 nitrogen and oxygen atoms in total. The molecule has 0 saturated heterocycles. The third-order valence-corrected chi connectivity index (χ3v) is 4.38. The van der Waals surface area contributed by atoms with Crippen molar-refractivity contribution in [3.8, 4) is 6.07 Å². The van der Waals surface area contributed by atoms with E-state index in [0.717, 1.165) is 36.0 Å². The molecule has 2 aromatic rings. The van der Waals surface area contributed by atoms with Gasteiger partial charge in [-0.1, -0.05) is 0 Å². The first-order chi connectivity index (χ1) is 11.0. The molecule has 1 aromatic heterocycles.